The largest absolute Gasteiger partial charge is 0.480 e. The number of carboxylic acids is 1. The van der Waals surface area contributed by atoms with Crippen LogP contribution >= 0.6 is 0 Å². The molecule has 2 N–H and O–H groups in total. The number of ether oxygens (including phenoxy) is 1. The van der Waals surface area contributed by atoms with E-state index in [1.807, 2.05) is 6.08 Å². The fourth-order valence-corrected chi connectivity index (χ4v) is 2.75. The van der Waals surface area contributed by atoms with Crippen molar-refractivity contribution in [3.8, 4) is 0 Å². The lowest BCUT2D eigenvalue weighted by molar-refractivity contribution is -0.142. The molecule has 0 aromatic carbocycles. The van der Waals surface area contributed by atoms with E-state index in [9.17, 15) is 14.7 Å². The fourth-order valence-electron chi connectivity index (χ4n) is 2.75. The molecule has 1 aliphatic carbocycles. The second-order valence-electron chi connectivity index (χ2n) is 6.79. The molecule has 5 nitrogen and oxygen atoms in total. The van der Waals surface area contributed by atoms with Crippen molar-refractivity contribution >= 4 is 12.1 Å². The number of allylic oxidation sites excluding steroid dienone is 1. The monoisotopic (exact) mass is 297 g/mol. The van der Waals surface area contributed by atoms with Crippen LogP contribution in [0.1, 0.15) is 52.9 Å². The van der Waals surface area contributed by atoms with Gasteiger partial charge in [-0.05, 0) is 37.0 Å². The Morgan fingerprint density at radius 2 is 2.00 bits per heavy atom. The molecule has 0 heterocycles. The van der Waals surface area contributed by atoms with Crippen LogP contribution in [0.4, 0.5) is 4.79 Å². The Morgan fingerprint density at radius 3 is 2.52 bits per heavy atom. The van der Waals surface area contributed by atoms with Gasteiger partial charge in [0.25, 0.3) is 0 Å². The van der Waals surface area contributed by atoms with Gasteiger partial charge in [0.05, 0.1) is 0 Å². The van der Waals surface area contributed by atoms with Gasteiger partial charge in [0.15, 0.2) is 0 Å². The van der Waals surface area contributed by atoms with Gasteiger partial charge >= 0.3 is 12.1 Å². The first-order valence-electron chi connectivity index (χ1n) is 7.56. The molecule has 1 amide bonds. The molecule has 1 saturated carbocycles. The van der Waals surface area contributed by atoms with Crippen molar-refractivity contribution in [2.75, 3.05) is 0 Å². The van der Waals surface area contributed by atoms with E-state index < -0.39 is 23.5 Å². The van der Waals surface area contributed by atoms with E-state index in [1.54, 1.807) is 20.8 Å². The molecule has 0 aromatic rings. The first-order valence-corrected chi connectivity index (χ1v) is 7.56. The van der Waals surface area contributed by atoms with Crippen LogP contribution < -0.4 is 5.32 Å². The molecule has 1 aliphatic rings. The van der Waals surface area contributed by atoms with Gasteiger partial charge in [0.1, 0.15) is 12.1 Å². The van der Waals surface area contributed by atoms with Crippen molar-refractivity contribution < 1.29 is 19.4 Å². The summed E-state index contributed by atoms with van der Waals surface area (Å²) in [6, 6.07) is -0.966. The summed E-state index contributed by atoms with van der Waals surface area (Å²) in [5, 5.41) is 11.7. The second kappa shape index (κ2) is 7.48. The van der Waals surface area contributed by atoms with Gasteiger partial charge in [-0.2, -0.15) is 0 Å². The van der Waals surface area contributed by atoms with Crippen LogP contribution in [0.3, 0.4) is 0 Å². The molecule has 0 aliphatic heterocycles. The molecule has 1 fully saturated rings. The minimum absolute atomic E-state index is 0.147. The molecule has 0 aromatic heterocycles. The molecule has 2 unspecified atom stereocenters. The molecule has 0 saturated heterocycles. The number of hydrogen-bond donors (Lipinski definition) is 2. The zero-order valence-corrected chi connectivity index (χ0v) is 13.2. The zero-order valence-electron chi connectivity index (χ0n) is 13.2. The first kappa shape index (κ1) is 17.5. The van der Waals surface area contributed by atoms with Crippen LogP contribution in [0, 0.1) is 11.3 Å². The minimum atomic E-state index is -1.05. The first-order chi connectivity index (χ1) is 9.75. The van der Waals surface area contributed by atoms with Gasteiger partial charge in [-0.3, -0.25) is 0 Å². The number of nitrogens with one attached hydrogen (secondary N) is 1. The number of hydrogen-bond acceptors (Lipinski definition) is 3. The van der Waals surface area contributed by atoms with E-state index in [1.165, 1.54) is 0 Å². The number of rotatable bonds is 5. The lowest BCUT2D eigenvalue weighted by atomic mass is 9.84. The van der Waals surface area contributed by atoms with Crippen LogP contribution in [0.25, 0.3) is 0 Å². The molecule has 1 rings (SSSR count). The van der Waals surface area contributed by atoms with Crippen LogP contribution in [-0.4, -0.2) is 29.3 Å². The smallest absolute Gasteiger partial charge is 0.408 e. The maximum absolute atomic E-state index is 12.0. The molecule has 5 heteroatoms. The Hall–Kier alpha value is -1.52. The summed E-state index contributed by atoms with van der Waals surface area (Å²) in [4.78, 5) is 23.3. The third kappa shape index (κ3) is 5.40. The number of amides is 1. The maximum Gasteiger partial charge on any atom is 0.408 e. The van der Waals surface area contributed by atoms with Gasteiger partial charge in [-0.25, -0.2) is 9.59 Å². The third-order valence-corrected chi connectivity index (χ3v) is 3.94. The highest BCUT2D eigenvalue weighted by molar-refractivity contribution is 5.80. The van der Waals surface area contributed by atoms with E-state index in [-0.39, 0.29) is 6.10 Å². The summed E-state index contributed by atoms with van der Waals surface area (Å²) < 4.78 is 5.47. The molecule has 21 heavy (non-hydrogen) atoms. The fraction of sp³-hybridized carbons (Fsp3) is 0.750. The molecule has 3 atom stereocenters. The quantitative estimate of drug-likeness (QED) is 0.763. The third-order valence-electron chi connectivity index (χ3n) is 3.94. The van der Waals surface area contributed by atoms with E-state index in [0.717, 1.165) is 32.1 Å². The summed E-state index contributed by atoms with van der Waals surface area (Å²) in [6.45, 7) is 9.05. The van der Waals surface area contributed by atoms with Gasteiger partial charge in [0, 0.05) is 0 Å². The lowest BCUT2D eigenvalue weighted by Crippen LogP contribution is -2.50. The van der Waals surface area contributed by atoms with Crippen molar-refractivity contribution in [2.24, 2.45) is 11.3 Å². The lowest BCUT2D eigenvalue weighted by Gasteiger charge is -2.32. The maximum atomic E-state index is 12.0. The van der Waals surface area contributed by atoms with E-state index in [0.29, 0.717) is 5.92 Å². The Balaban J connectivity index is 2.62. The predicted octanol–water partition coefficient (Wildman–Crippen LogP) is 3.35. The second-order valence-corrected chi connectivity index (χ2v) is 6.79. The zero-order chi connectivity index (χ0) is 16.0. The Labute approximate surface area is 126 Å². The molecule has 0 radical (unpaired) electrons. The molecule has 0 spiro atoms. The van der Waals surface area contributed by atoms with Gasteiger partial charge in [-0.1, -0.05) is 33.3 Å². The summed E-state index contributed by atoms with van der Waals surface area (Å²) in [5.41, 5.74) is -0.571. The standard InChI is InChI=1S/C16H27NO4/c1-5-8-11-9-6-7-10-12(11)21-15(20)17-13(14(18)19)16(2,3)4/h5,11-13H,1,6-10H2,2-4H3,(H,17,20)(H,18,19)/t11?,12?,13-/m1/s1. The number of alkyl carbamates (subject to hydrolysis) is 1. The average molecular weight is 297 g/mol. The summed E-state index contributed by atoms with van der Waals surface area (Å²) >= 11 is 0. The highest BCUT2D eigenvalue weighted by Gasteiger charge is 2.34. The Bertz CT molecular complexity index is 386. The number of carbonyl (C=O) groups excluding carboxylic acids is 1. The average Bonchev–Trinajstić information content (AvgIpc) is 2.37. The normalized spacial score (nSPS) is 24.0. The number of carbonyl (C=O) groups is 2. The molecular weight excluding hydrogens is 270 g/mol. The van der Waals surface area contributed by atoms with E-state index in [2.05, 4.69) is 11.9 Å². The number of carboxylic acid groups (broad SMARTS) is 1. The molecule has 0 bridgehead atoms. The van der Waals surface area contributed by atoms with E-state index in [4.69, 9.17) is 4.74 Å². The van der Waals surface area contributed by atoms with Crippen LogP contribution in [0.5, 0.6) is 0 Å². The van der Waals surface area contributed by atoms with Crippen molar-refractivity contribution in [3.05, 3.63) is 12.7 Å². The Kier molecular flexibility index (Phi) is 6.24. The molecular formula is C16H27NO4. The molecule has 120 valence electrons. The number of aliphatic carboxylic acids is 1. The van der Waals surface area contributed by atoms with Gasteiger partial charge in [0.2, 0.25) is 0 Å². The summed E-state index contributed by atoms with van der Waals surface area (Å²) in [5.74, 6) is -0.759. The topological polar surface area (TPSA) is 75.6 Å². The van der Waals surface area contributed by atoms with E-state index >= 15 is 0 Å². The van der Waals surface area contributed by atoms with Gasteiger partial charge in [-0.15, -0.1) is 6.58 Å². The summed E-state index contributed by atoms with van der Waals surface area (Å²) in [6.07, 6.45) is 5.90. The Morgan fingerprint density at radius 1 is 1.38 bits per heavy atom. The highest BCUT2D eigenvalue weighted by atomic mass is 16.6. The predicted molar refractivity (Wildman–Crippen MR) is 81.1 cm³/mol. The van der Waals surface area contributed by atoms with Crippen molar-refractivity contribution in [1.29, 1.82) is 0 Å². The summed E-state index contributed by atoms with van der Waals surface area (Å²) in [7, 11) is 0. The highest BCUT2D eigenvalue weighted by Crippen LogP contribution is 2.30. The van der Waals surface area contributed by atoms with Crippen molar-refractivity contribution in [3.63, 3.8) is 0 Å². The van der Waals surface area contributed by atoms with Crippen LogP contribution in [-0.2, 0) is 9.53 Å². The van der Waals surface area contributed by atoms with Crippen molar-refractivity contribution in [2.45, 2.75) is 65.0 Å². The van der Waals surface area contributed by atoms with Crippen LogP contribution in [0.2, 0.25) is 0 Å². The van der Waals surface area contributed by atoms with Gasteiger partial charge < -0.3 is 15.2 Å². The van der Waals surface area contributed by atoms with Crippen molar-refractivity contribution in [1.82, 2.24) is 5.32 Å². The minimum Gasteiger partial charge on any atom is -0.480 e. The van der Waals surface area contributed by atoms with Crippen LogP contribution in [0.15, 0.2) is 12.7 Å². The SMILES string of the molecule is C=CCC1CCCCC1OC(=O)N[C@H](C(=O)O)C(C)(C)C.